The zero-order valence-electron chi connectivity index (χ0n) is 11.8. The van der Waals surface area contributed by atoms with E-state index in [0.717, 1.165) is 5.69 Å². The largest absolute Gasteiger partial charge is 0.378 e. The molecule has 0 atom stereocenters. The fourth-order valence-corrected chi connectivity index (χ4v) is 2.12. The molecule has 1 aromatic heterocycles. The van der Waals surface area contributed by atoms with Crippen molar-refractivity contribution in [3.8, 4) is 0 Å². The molecule has 5 nitrogen and oxygen atoms in total. The Hall–Kier alpha value is -2.89. The van der Waals surface area contributed by atoms with Gasteiger partial charge in [-0.15, -0.1) is 0 Å². The molecule has 0 aliphatic heterocycles. The third kappa shape index (κ3) is 3.22. The highest BCUT2D eigenvalue weighted by molar-refractivity contribution is 5.42. The van der Waals surface area contributed by atoms with Crippen LogP contribution in [0.1, 0.15) is 11.4 Å². The second-order valence-corrected chi connectivity index (χ2v) is 4.85. The summed E-state index contributed by atoms with van der Waals surface area (Å²) in [6.45, 7) is 0.497. The van der Waals surface area contributed by atoms with Gasteiger partial charge in [0.15, 0.2) is 0 Å². The number of benzene rings is 2. The van der Waals surface area contributed by atoms with Crippen molar-refractivity contribution in [1.82, 2.24) is 14.8 Å². The lowest BCUT2D eigenvalue weighted by molar-refractivity contribution is 0.576. The summed E-state index contributed by atoms with van der Waals surface area (Å²) in [6, 6.07) is 16.0. The van der Waals surface area contributed by atoms with Crippen LogP contribution in [0.5, 0.6) is 0 Å². The molecular formula is C16H15FN4O. The minimum atomic E-state index is -0.354. The van der Waals surface area contributed by atoms with E-state index in [1.165, 1.54) is 10.7 Å². The van der Waals surface area contributed by atoms with Gasteiger partial charge in [-0.3, -0.25) is 4.98 Å². The van der Waals surface area contributed by atoms with Gasteiger partial charge in [-0.25, -0.2) is 13.9 Å². The van der Waals surface area contributed by atoms with Crippen LogP contribution in [0.2, 0.25) is 0 Å². The predicted octanol–water partition coefficient (Wildman–Crippen LogP) is 2.37. The van der Waals surface area contributed by atoms with Gasteiger partial charge in [0.1, 0.15) is 11.6 Å². The number of hydrogen-bond donors (Lipinski definition) is 2. The van der Waals surface area contributed by atoms with Gasteiger partial charge in [-0.1, -0.05) is 36.4 Å². The lowest BCUT2D eigenvalue weighted by atomic mass is 10.2. The maximum absolute atomic E-state index is 13.6. The molecule has 0 unspecified atom stereocenters. The maximum atomic E-state index is 13.6. The summed E-state index contributed by atoms with van der Waals surface area (Å²) in [5.74, 6) is 0.159. The molecule has 2 N–H and O–H groups in total. The average molecular weight is 298 g/mol. The van der Waals surface area contributed by atoms with Crippen LogP contribution in [0, 0.1) is 5.82 Å². The van der Waals surface area contributed by atoms with E-state index < -0.39 is 0 Å². The molecule has 0 amide bonds. The second-order valence-electron chi connectivity index (χ2n) is 4.85. The Bertz CT molecular complexity index is 810. The summed E-state index contributed by atoms with van der Waals surface area (Å²) < 4.78 is 14.8. The van der Waals surface area contributed by atoms with E-state index in [4.69, 9.17) is 0 Å². The van der Waals surface area contributed by atoms with Crippen LogP contribution in [0.25, 0.3) is 0 Å². The molecule has 3 rings (SSSR count). The summed E-state index contributed by atoms with van der Waals surface area (Å²) >= 11 is 0. The number of H-pyrrole nitrogens is 1. The van der Waals surface area contributed by atoms with Crippen molar-refractivity contribution < 1.29 is 4.39 Å². The first-order valence-electron chi connectivity index (χ1n) is 6.91. The van der Waals surface area contributed by atoms with Crippen molar-refractivity contribution in [2.45, 2.75) is 13.1 Å². The highest BCUT2D eigenvalue weighted by Crippen LogP contribution is 2.08. The van der Waals surface area contributed by atoms with Crippen LogP contribution in [0.15, 0.2) is 59.4 Å². The van der Waals surface area contributed by atoms with Crippen molar-refractivity contribution >= 4 is 5.69 Å². The van der Waals surface area contributed by atoms with Gasteiger partial charge < -0.3 is 5.32 Å². The molecule has 1 heterocycles. The Balaban J connectivity index is 1.71. The zero-order valence-corrected chi connectivity index (χ0v) is 11.8. The summed E-state index contributed by atoms with van der Waals surface area (Å²) in [5.41, 5.74) is 1.01. The van der Waals surface area contributed by atoms with Gasteiger partial charge >= 0.3 is 5.69 Å². The van der Waals surface area contributed by atoms with Crippen LogP contribution >= 0.6 is 0 Å². The summed E-state index contributed by atoms with van der Waals surface area (Å²) in [7, 11) is 0. The molecule has 0 aliphatic carbocycles. The van der Waals surface area contributed by atoms with E-state index >= 15 is 0 Å². The van der Waals surface area contributed by atoms with Gasteiger partial charge in [0.05, 0.1) is 13.1 Å². The quantitative estimate of drug-likeness (QED) is 0.760. The zero-order chi connectivity index (χ0) is 15.4. The third-order valence-corrected chi connectivity index (χ3v) is 3.24. The van der Waals surface area contributed by atoms with Gasteiger partial charge in [0.2, 0.25) is 0 Å². The Morgan fingerprint density at radius 3 is 2.59 bits per heavy atom. The van der Waals surface area contributed by atoms with Crippen LogP contribution in [-0.2, 0) is 13.1 Å². The van der Waals surface area contributed by atoms with Crippen molar-refractivity contribution in [2.75, 3.05) is 5.32 Å². The lowest BCUT2D eigenvalue weighted by Gasteiger charge is -2.03. The number of aromatic amines is 1. The van der Waals surface area contributed by atoms with E-state index in [9.17, 15) is 9.18 Å². The van der Waals surface area contributed by atoms with Crippen LogP contribution in [-0.4, -0.2) is 14.8 Å². The van der Waals surface area contributed by atoms with E-state index in [1.54, 1.807) is 18.2 Å². The molecule has 0 saturated carbocycles. The Morgan fingerprint density at radius 1 is 1.09 bits per heavy atom. The molecule has 0 spiro atoms. The van der Waals surface area contributed by atoms with Gasteiger partial charge in [-0.05, 0) is 18.2 Å². The number of anilines is 1. The predicted molar refractivity (Wildman–Crippen MR) is 82.1 cm³/mol. The summed E-state index contributed by atoms with van der Waals surface area (Å²) in [4.78, 5) is 14.5. The molecular weight excluding hydrogens is 283 g/mol. The number of nitrogens with zero attached hydrogens (tertiary/aromatic N) is 2. The minimum Gasteiger partial charge on any atom is -0.378 e. The van der Waals surface area contributed by atoms with Crippen molar-refractivity contribution in [3.63, 3.8) is 0 Å². The molecule has 0 saturated heterocycles. The number of halogens is 1. The van der Waals surface area contributed by atoms with Crippen molar-refractivity contribution in [2.24, 2.45) is 0 Å². The molecule has 22 heavy (non-hydrogen) atoms. The number of nitrogens with one attached hydrogen (secondary N) is 2. The molecule has 0 radical (unpaired) electrons. The van der Waals surface area contributed by atoms with E-state index in [2.05, 4.69) is 15.4 Å². The summed E-state index contributed by atoms with van der Waals surface area (Å²) in [6.07, 6.45) is 0. The molecule has 0 bridgehead atoms. The van der Waals surface area contributed by atoms with Crippen molar-refractivity contribution in [1.29, 1.82) is 0 Å². The Kier molecular flexibility index (Phi) is 4.00. The standard InChI is InChI=1S/C16H15FN4O/c17-14-9-5-4-6-12(14)11-21-16(22)19-15(20-21)10-18-13-7-2-1-3-8-13/h1-9,18H,10-11H2,(H,19,20,22). The van der Waals surface area contributed by atoms with E-state index in [-0.39, 0.29) is 18.1 Å². The topological polar surface area (TPSA) is 62.7 Å². The number of aromatic nitrogens is 3. The highest BCUT2D eigenvalue weighted by Gasteiger charge is 2.08. The SMILES string of the molecule is O=c1[nH]c(CNc2ccccc2)nn1Cc1ccccc1F. The average Bonchev–Trinajstić information content (AvgIpc) is 2.89. The summed E-state index contributed by atoms with van der Waals surface area (Å²) in [5, 5.41) is 7.34. The third-order valence-electron chi connectivity index (χ3n) is 3.24. The van der Waals surface area contributed by atoms with Gasteiger partial charge in [0.25, 0.3) is 0 Å². The van der Waals surface area contributed by atoms with E-state index in [0.29, 0.717) is 17.9 Å². The molecule has 2 aromatic carbocycles. The van der Waals surface area contributed by atoms with Gasteiger partial charge in [0, 0.05) is 11.3 Å². The Labute approximate surface area is 126 Å². The number of para-hydroxylation sites is 1. The van der Waals surface area contributed by atoms with Crippen LogP contribution in [0.4, 0.5) is 10.1 Å². The number of hydrogen-bond acceptors (Lipinski definition) is 3. The molecule has 3 aromatic rings. The molecule has 0 fully saturated rings. The highest BCUT2D eigenvalue weighted by atomic mass is 19.1. The fourth-order valence-electron chi connectivity index (χ4n) is 2.12. The molecule has 112 valence electrons. The lowest BCUT2D eigenvalue weighted by Crippen LogP contribution is -2.19. The molecule has 0 aliphatic rings. The van der Waals surface area contributed by atoms with Crippen LogP contribution < -0.4 is 11.0 Å². The normalized spacial score (nSPS) is 10.6. The molecule has 6 heteroatoms. The Morgan fingerprint density at radius 2 is 1.82 bits per heavy atom. The minimum absolute atomic E-state index is 0.105. The van der Waals surface area contributed by atoms with Crippen LogP contribution in [0.3, 0.4) is 0 Å². The van der Waals surface area contributed by atoms with E-state index in [1.807, 2.05) is 30.3 Å². The second kappa shape index (κ2) is 6.26. The monoisotopic (exact) mass is 298 g/mol. The fraction of sp³-hybridized carbons (Fsp3) is 0.125. The first-order valence-corrected chi connectivity index (χ1v) is 6.91. The maximum Gasteiger partial charge on any atom is 0.343 e. The van der Waals surface area contributed by atoms with Crippen molar-refractivity contribution in [3.05, 3.63) is 82.3 Å². The first-order chi connectivity index (χ1) is 10.7. The van der Waals surface area contributed by atoms with Gasteiger partial charge in [-0.2, -0.15) is 5.10 Å². The first kappa shape index (κ1) is 14.1. The number of rotatable bonds is 5. The smallest absolute Gasteiger partial charge is 0.343 e.